The van der Waals surface area contributed by atoms with E-state index in [2.05, 4.69) is 0 Å². The van der Waals surface area contributed by atoms with Crippen LogP contribution in [-0.2, 0) is 19.1 Å². The number of rotatable bonds is 5. The molecule has 0 radical (unpaired) electrons. The van der Waals surface area contributed by atoms with E-state index in [0.29, 0.717) is 49.6 Å². The predicted octanol–water partition coefficient (Wildman–Crippen LogP) is 3.35. The van der Waals surface area contributed by atoms with Crippen molar-refractivity contribution in [2.75, 3.05) is 31.1 Å². The Morgan fingerprint density at radius 1 is 1.03 bits per heavy atom. The second-order valence-corrected chi connectivity index (χ2v) is 7.98. The van der Waals surface area contributed by atoms with Crippen LogP contribution in [0.15, 0.2) is 59.6 Å². The van der Waals surface area contributed by atoms with Gasteiger partial charge in [0.2, 0.25) is 11.8 Å². The minimum absolute atomic E-state index is 0.0441. The fourth-order valence-electron chi connectivity index (χ4n) is 4.18. The molecule has 2 heterocycles. The molecule has 2 amide bonds. The van der Waals surface area contributed by atoms with Gasteiger partial charge in [-0.3, -0.25) is 19.4 Å². The fraction of sp³-hybridized carbons (Fsp3) is 0.360. The number of fused-ring (bicyclic) bond motifs is 1. The molecule has 0 bridgehead atoms. The molecule has 2 aliphatic heterocycles. The molecule has 7 nitrogen and oxygen atoms in total. The highest BCUT2D eigenvalue weighted by Crippen LogP contribution is 2.33. The van der Waals surface area contributed by atoms with E-state index in [0.717, 1.165) is 5.56 Å². The van der Waals surface area contributed by atoms with Gasteiger partial charge < -0.3 is 14.5 Å². The average Bonchev–Trinajstić information content (AvgIpc) is 2.96. The second kappa shape index (κ2) is 9.77. The van der Waals surface area contributed by atoms with E-state index in [4.69, 9.17) is 9.73 Å². The number of hydrogen-bond acceptors (Lipinski definition) is 5. The van der Waals surface area contributed by atoms with Crippen LogP contribution in [0.3, 0.4) is 0 Å². The molecule has 0 unspecified atom stereocenters. The summed E-state index contributed by atoms with van der Waals surface area (Å²) >= 11 is 0. The maximum Gasteiger partial charge on any atom is 0.309 e. The Balaban J connectivity index is 1.49. The van der Waals surface area contributed by atoms with Gasteiger partial charge in [-0.15, -0.1) is 0 Å². The number of piperidine rings is 1. The zero-order valence-electron chi connectivity index (χ0n) is 18.2. The number of carbonyl (C=O) groups is 3. The second-order valence-electron chi connectivity index (χ2n) is 7.98. The number of ether oxygens (including phenoxy) is 1. The molecule has 2 aromatic rings. The molecule has 166 valence electrons. The van der Waals surface area contributed by atoms with Gasteiger partial charge in [0.1, 0.15) is 6.54 Å². The van der Waals surface area contributed by atoms with E-state index in [-0.39, 0.29) is 36.7 Å². The predicted molar refractivity (Wildman–Crippen MR) is 122 cm³/mol. The molecule has 0 saturated carbocycles. The van der Waals surface area contributed by atoms with E-state index in [1.54, 1.807) is 11.8 Å². The Morgan fingerprint density at radius 2 is 1.72 bits per heavy atom. The molecule has 0 N–H and O–H groups in total. The number of hydrogen-bond donors (Lipinski definition) is 0. The molecule has 0 aromatic heterocycles. The van der Waals surface area contributed by atoms with Gasteiger partial charge in [0.25, 0.3) is 0 Å². The monoisotopic (exact) mass is 433 g/mol. The Morgan fingerprint density at radius 3 is 2.44 bits per heavy atom. The van der Waals surface area contributed by atoms with Crippen LogP contribution in [0.5, 0.6) is 0 Å². The van der Waals surface area contributed by atoms with E-state index < -0.39 is 0 Å². The number of esters is 1. The molecule has 4 rings (SSSR count). The molecular formula is C25H27N3O4. The molecular weight excluding hydrogens is 406 g/mol. The van der Waals surface area contributed by atoms with Crippen LogP contribution in [0.25, 0.3) is 0 Å². The number of aliphatic imine (C=N–C) groups is 1. The molecule has 0 aliphatic carbocycles. The number of benzene rings is 2. The summed E-state index contributed by atoms with van der Waals surface area (Å²) in [6.45, 7) is 3.08. The van der Waals surface area contributed by atoms with Crippen molar-refractivity contribution in [1.29, 1.82) is 0 Å². The first kappa shape index (κ1) is 21.7. The van der Waals surface area contributed by atoms with Gasteiger partial charge in [-0.2, -0.15) is 0 Å². The maximum absolute atomic E-state index is 13.2. The van der Waals surface area contributed by atoms with E-state index in [9.17, 15) is 14.4 Å². The van der Waals surface area contributed by atoms with Gasteiger partial charge in [-0.1, -0.05) is 42.5 Å². The molecule has 2 aliphatic rings. The molecule has 1 saturated heterocycles. The summed E-state index contributed by atoms with van der Waals surface area (Å²) in [6, 6.07) is 17.0. The first-order valence-electron chi connectivity index (χ1n) is 11.0. The minimum Gasteiger partial charge on any atom is -0.466 e. The largest absolute Gasteiger partial charge is 0.466 e. The summed E-state index contributed by atoms with van der Waals surface area (Å²) in [7, 11) is 0. The van der Waals surface area contributed by atoms with Crippen molar-refractivity contribution in [2.24, 2.45) is 10.9 Å². The van der Waals surface area contributed by atoms with Gasteiger partial charge in [-0.25, -0.2) is 0 Å². The van der Waals surface area contributed by atoms with Crippen molar-refractivity contribution >= 4 is 34.9 Å². The molecule has 32 heavy (non-hydrogen) atoms. The van der Waals surface area contributed by atoms with E-state index in [1.165, 1.54) is 4.90 Å². The number of anilines is 1. The van der Waals surface area contributed by atoms with Crippen molar-refractivity contribution in [3.63, 3.8) is 0 Å². The van der Waals surface area contributed by atoms with Crippen LogP contribution >= 0.6 is 0 Å². The average molecular weight is 434 g/mol. The summed E-state index contributed by atoms with van der Waals surface area (Å²) in [4.78, 5) is 46.3. The fourth-order valence-corrected chi connectivity index (χ4v) is 4.18. The Kier molecular flexibility index (Phi) is 6.63. The molecule has 7 heteroatoms. The maximum atomic E-state index is 13.2. The summed E-state index contributed by atoms with van der Waals surface area (Å²) in [6.07, 6.45) is 1.28. The molecule has 2 aromatic carbocycles. The Hall–Kier alpha value is -3.48. The van der Waals surface area contributed by atoms with Crippen LogP contribution < -0.4 is 4.90 Å². The summed E-state index contributed by atoms with van der Waals surface area (Å²) in [5.41, 5.74) is 2.89. The summed E-state index contributed by atoms with van der Waals surface area (Å²) in [5, 5.41) is 0. The van der Waals surface area contributed by atoms with Crippen LogP contribution in [0.2, 0.25) is 0 Å². The normalized spacial score (nSPS) is 16.8. The van der Waals surface area contributed by atoms with Gasteiger partial charge in [0.05, 0.1) is 36.0 Å². The first-order valence-corrected chi connectivity index (χ1v) is 11.0. The molecule has 0 spiro atoms. The van der Waals surface area contributed by atoms with Gasteiger partial charge in [-0.05, 0) is 37.5 Å². The third kappa shape index (κ3) is 4.72. The highest BCUT2D eigenvalue weighted by atomic mass is 16.5. The lowest BCUT2D eigenvalue weighted by Crippen LogP contribution is -2.47. The van der Waals surface area contributed by atoms with Crippen LogP contribution in [0.1, 0.15) is 31.7 Å². The SMILES string of the molecule is CCOC(=O)C1CCN(C(=O)CN2C(=O)CC(c3ccccc3)=Nc3ccccc32)CC1. The first-order chi connectivity index (χ1) is 15.6. The molecule has 1 fully saturated rings. The number of carbonyl (C=O) groups excluding carboxylic acids is 3. The van der Waals surface area contributed by atoms with Crippen molar-refractivity contribution < 1.29 is 19.1 Å². The van der Waals surface area contributed by atoms with Crippen molar-refractivity contribution in [3.05, 3.63) is 60.2 Å². The minimum atomic E-state index is -0.193. The highest BCUT2D eigenvalue weighted by molar-refractivity contribution is 6.18. The third-order valence-electron chi connectivity index (χ3n) is 5.92. The Bertz CT molecular complexity index is 1030. The van der Waals surface area contributed by atoms with E-state index >= 15 is 0 Å². The number of nitrogens with zero attached hydrogens (tertiary/aromatic N) is 3. The van der Waals surface area contributed by atoms with Gasteiger partial charge >= 0.3 is 5.97 Å². The van der Waals surface area contributed by atoms with Crippen LogP contribution in [-0.4, -0.2) is 54.6 Å². The van der Waals surface area contributed by atoms with Crippen LogP contribution in [0, 0.1) is 5.92 Å². The Labute approximate surface area is 187 Å². The van der Waals surface area contributed by atoms with Crippen molar-refractivity contribution in [3.8, 4) is 0 Å². The topological polar surface area (TPSA) is 79.3 Å². The number of amides is 2. The lowest BCUT2D eigenvalue weighted by atomic mass is 9.97. The highest BCUT2D eigenvalue weighted by Gasteiger charge is 2.31. The van der Waals surface area contributed by atoms with Gasteiger partial charge in [0.15, 0.2) is 0 Å². The van der Waals surface area contributed by atoms with Crippen LogP contribution in [0.4, 0.5) is 11.4 Å². The zero-order chi connectivity index (χ0) is 22.5. The zero-order valence-corrected chi connectivity index (χ0v) is 18.2. The van der Waals surface area contributed by atoms with E-state index in [1.807, 2.05) is 54.6 Å². The number of likely N-dealkylation sites (tertiary alicyclic amines) is 1. The lowest BCUT2D eigenvalue weighted by Gasteiger charge is -2.32. The summed E-state index contributed by atoms with van der Waals surface area (Å²) in [5.74, 6) is -0.644. The standard InChI is InChI=1S/C25H27N3O4/c1-2-32-25(31)19-12-14-27(15-13-19)24(30)17-28-22-11-7-6-10-20(22)26-21(16-23(28)29)18-8-4-3-5-9-18/h3-11,19H,2,12-17H2,1H3. The number of para-hydroxylation sites is 2. The van der Waals surface area contributed by atoms with Crippen molar-refractivity contribution in [1.82, 2.24) is 4.90 Å². The third-order valence-corrected chi connectivity index (χ3v) is 5.92. The quantitative estimate of drug-likeness (QED) is 0.678. The molecule has 0 atom stereocenters. The smallest absolute Gasteiger partial charge is 0.309 e. The van der Waals surface area contributed by atoms with Gasteiger partial charge in [0, 0.05) is 13.1 Å². The summed E-state index contributed by atoms with van der Waals surface area (Å²) < 4.78 is 5.10. The van der Waals surface area contributed by atoms with Crippen molar-refractivity contribution in [2.45, 2.75) is 26.2 Å². The lowest BCUT2D eigenvalue weighted by molar-refractivity contribution is -0.151.